The van der Waals surface area contributed by atoms with Crippen LogP contribution in [-0.4, -0.2) is 48.9 Å². The second-order valence-electron chi connectivity index (χ2n) is 3.69. The summed E-state index contributed by atoms with van der Waals surface area (Å²) in [6.45, 7) is 3.72. The third-order valence-electron chi connectivity index (χ3n) is 2.86. The van der Waals surface area contributed by atoms with Gasteiger partial charge in [0, 0.05) is 12.6 Å². The zero-order valence-electron chi connectivity index (χ0n) is 8.31. The summed E-state index contributed by atoms with van der Waals surface area (Å²) in [6, 6.07) is 0.0575. The Morgan fingerprint density at radius 2 is 2.50 bits per heavy atom. The molecule has 1 aliphatic heterocycles. The molecule has 2 N–H and O–H groups in total. The molecule has 1 amide bonds. The summed E-state index contributed by atoms with van der Waals surface area (Å²) in [5.41, 5.74) is 5.86. The number of hydrogen-bond donors (Lipinski definition) is 1. The van der Waals surface area contributed by atoms with Gasteiger partial charge in [0.05, 0.1) is 18.7 Å². The van der Waals surface area contributed by atoms with Crippen molar-refractivity contribution in [1.82, 2.24) is 4.90 Å². The van der Waals surface area contributed by atoms with Crippen LogP contribution in [0.1, 0.15) is 13.3 Å². The zero-order valence-corrected chi connectivity index (χ0v) is 8.31. The number of ether oxygens (including phenoxy) is 2. The molecule has 0 aromatic carbocycles. The van der Waals surface area contributed by atoms with E-state index >= 15 is 0 Å². The first-order valence-electron chi connectivity index (χ1n) is 5.04. The van der Waals surface area contributed by atoms with Gasteiger partial charge in [0.25, 0.3) is 0 Å². The number of nitrogens with zero attached hydrogens (tertiary/aromatic N) is 1. The van der Waals surface area contributed by atoms with E-state index in [0.717, 1.165) is 6.42 Å². The van der Waals surface area contributed by atoms with Gasteiger partial charge in [-0.15, -0.1) is 0 Å². The summed E-state index contributed by atoms with van der Waals surface area (Å²) in [7, 11) is 0. The molecule has 3 unspecified atom stereocenters. The van der Waals surface area contributed by atoms with Gasteiger partial charge in [-0.2, -0.15) is 0 Å². The molecule has 1 saturated heterocycles. The van der Waals surface area contributed by atoms with Gasteiger partial charge in [0.1, 0.15) is 6.61 Å². The maximum Gasteiger partial charge on any atom is 0.410 e. The number of hydrogen-bond acceptors (Lipinski definition) is 4. The molecular weight excluding hydrogens is 184 g/mol. The third-order valence-corrected chi connectivity index (χ3v) is 2.86. The van der Waals surface area contributed by atoms with E-state index in [4.69, 9.17) is 15.2 Å². The first-order valence-corrected chi connectivity index (χ1v) is 5.04. The minimum absolute atomic E-state index is 0.0185. The van der Waals surface area contributed by atoms with Gasteiger partial charge in [-0.3, -0.25) is 4.90 Å². The molecule has 0 radical (unpaired) electrons. The number of nitrogens with two attached hydrogens (primary N) is 1. The van der Waals surface area contributed by atoms with Crippen LogP contribution in [0.5, 0.6) is 0 Å². The minimum atomic E-state index is -0.255. The van der Waals surface area contributed by atoms with Crippen molar-refractivity contribution in [2.45, 2.75) is 31.5 Å². The molecule has 2 aliphatic rings. The second-order valence-corrected chi connectivity index (χ2v) is 3.69. The topological polar surface area (TPSA) is 64.8 Å². The van der Waals surface area contributed by atoms with Crippen LogP contribution in [0.3, 0.4) is 0 Å². The van der Waals surface area contributed by atoms with E-state index in [2.05, 4.69) is 0 Å². The average molecular weight is 200 g/mol. The minimum Gasteiger partial charge on any atom is -0.448 e. The Morgan fingerprint density at radius 1 is 1.71 bits per heavy atom. The van der Waals surface area contributed by atoms with E-state index in [0.29, 0.717) is 19.8 Å². The molecule has 5 heteroatoms. The van der Waals surface area contributed by atoms with Crippen LogP contribution in [0.4, 0.5) is 4.79 Å². The van der Waals surface area contributed by atoms with Crippen molar-refractivity contribution in [1.29, 1.82) is 0 Å². The first-order chi connectivity index (χ1) is 6.74. The molecule has 2 rings (SSSR count). The fourth-order valence-corrected chi connectivity index (χ4v) is 2.12. The molecule has 1 aliphatic carbocycles. The van der Waals surface area contributed by atoms with Gasteiger partial charge in [-0.1, -0.05) is 0 Å². The Balaban J connectivity index is 1.97. The Kier molecular flexibility index (Phi) is 2.60. The highest BCUT2D eigenvalue weighted by molar-refractivity contribution is 5.70. The second kappa shape index (κ2) is 3.74. The molecule has 2 fully saturated rings. The van der Waals surface area contributed by atoms with Crippen molar-refractivity contribution < 1.29 is 14.3 Å². The van der Waals surface area contributed by atoms with Gasteiger partial charge in [-0.25, -0.2) is 4.79 Å². The molecule has 1 saturated carbocycles. The SMILES string of the molecule is CCOC1CC(N)C1N1CCOC1=O. The summed E-state index contributed by atoms with van der Waals surface area (Å²) in [5.74, 6) is 0. The average Bonchev–Trinajstić information content (AvgIpc) is 2.52. The Hall–Kier alpha value is -0.810. The molecule has 0 aromatic heterocycles. The van der Waals surface area contributed by atoms with E-state index in [9.17, 15) is 4.79 Å². The zero-order chi connectivity index (χ0) is 10.1. The van der Waals surface area contributed by atoms with Crippen LogP contribution >= 0.6 is 0 Å². The number of cyclic esters (lactones) is 1. The lowest BCUT2D eigenvalue weighted by atomic mass is 9.82. The monoisotopic (exact) mass is 200 g/mol. The fourth-order valence-electron chi connectivity index (χ4n) is 2.12. The fraction of sp³-hybridized carbons (Fsp3) is 0.889. The van der Waals surface area contributed by atoms with Crippen LogP contribution in [0.15, 0.2) is 0 Å². The summed E-state index contributed by atoms with van der Waals surface area (Å²) in [4.78, 5) is 13.0. The molecule has 1 heterocycles. The van der Waals surface area contributed by atoms with Crippen molar-refractivity contribution in [3.8, 4) is 0 Å². The standard InChI is InChI=1S/C9H16N2O3/c1-2-13-7-5-6(10)8(7)11-3-4-14-9(11)12/h6-8H,2-5,10H2,1H3. The van der Waals surface area contributed by atoms with Crippen LogP contribution < -0.4 is 5.73 Å². The van der Waals surface area contributed by atoms with E-state index < -0.39 is 0 Å². The highest BCUT2D eigenvalue weighted by Crippen LogP contribution is 2.29. The van der Waals surface area contributed by atoms with E-state index in [1.807, 2.05) is 6.92 Å². The van der Waals surface area contributed by atoms with Crippen molar-refractivity contribution >= 4 is 6.09 Å². The highest BCUT2D eigenvalue weighted by atomic mass is 16.6. The molecule has 0 aromatic rings. The summed E-state index contributed by atoms with van der Waals surface area (Å²) >= 11 is 0. The summed E-state index contributed by atoms with van der Waals surface area (Å²) in [5, 5.41) is 0. The van der Waals surface area contributed by atoms with Crippen molar-refractivity contribution in [3.05, 3.63) is 0 Å². The largest absolute Gasteiger partial charge is 0.448 e. The summed E-state index contributed by atoms with van der Waals surface area (Å²) in [6.07, 6.45) is 0.679. The lowest BCUT2D eigenvalue weighted by Crippen LogP contribution is -2.65. The number of carbonyl (C=O) groups is 1. The third kappa shape index (κ3) is 1.46. The predicted molar refractivity (Wildman–Crippen MR) is 49.8 cm³/mol. The Bertz CT molecular complexity index is 232. The van der Waals surface area contributed by atoms with Crippen LogP contribution in [0, 0.1) is 0 Å². The van der Waals surface area contributed by atoms with Gasteiger partial charge >= 0.3 is 6.09 Å². The van der Waals surface area contributed by atoms with E-state index in [1.54, 1.807) is 4.90 Å². The van der Waals surface area contributed by atoms with Gasteiger partial charge in [0.2, 0.25) is 0 Å². The van der Waals surface area contributed by atoms with Crippen molar-refractivity contribution in [2.75, 3.05) is 19.8 Å². The van der Waals surface area contributed by atoms with Crippen LogP contribution in [-0.2, 0) is 9.47 Å². The van der Waals surface area contributed by atoms with Gasteiger partial charge < -0.3 is 15.2 Å². The lowest BCUT2D eigenvalue weighted by molar-refractivity contribution is -0.0635. The van der Waals surface area contributed by atoms with Crippen LogP contribution in [0.25, 0.3) is 0 Å². The molecule has 0 bridgehead atoms. The smallest absolute Gasteiger partial charge is 0.410 e. The Morgan fingerprint density at radius 3 is 3.00 bits per heavy atom. The van der Waals surface area contributed by atoms with Crippen LogP contribution in [0.2, 0.25) is 0 Å². The molecule has 5 nitrogen and oxygen atoms in total. The van der Waals surface area contributed by atoms with Gasteiger partial charge in [-0.05, 0) is 13.3 Å². The molecule has 80 valence electrons. The van der Waals surface area contributed by atoms with E-state index in [1.165, 1.54) is 0 Å². The molecule has 3 atom stereocenters. The quantitative estimate of drug-likeness (QED) is 0.693. The normalized spacial score (nSPS) is 36.9. The number of carbonyl (C=O) groups excluding carboxylic acids is 1. The van der Waals surface area contributed by atoms with Crippen molar-refractivity contribution in [3.63, 3.8) is 0 Å². The van der Waals surface area contributed by atoms with E-state index in [-0.39, 0.29) is 24.3 Å². The number of rotatable bonds is 3. The predicted octanol–water partition coefficient (Wildman–Crippen LogP) is -0.0567. The maximum atomic E-state index is 11.3. The van der Waals surface area contributed by atoms with Crippen molar-refractivity contribution in [2.24, 2.45) is 5.73 Å². The lowest BCUT2D eigenvalue weighted by Gasteiger charge is -2.45. The Labute approximate surface area is 83.1 Å². The number of amides is 1. The highest BCUT2D eigenvalue weighted by Gasteiger charge is 2.47. The molecular formula is C9H16N2O3. The maximum absolute atomic E-state index is 11.3. The summed E-state index contributed by atoms with van der Waals surface area (Å²) < 4.78 is 10.4. The first kappa shape index (κ1) is 9.73. The molecule has 0 spiro atoms. The molecule has 14 heavy (non-hydrogen) atoms. The van der Waals surface area contributed by atoms with Gasteiger partial charge in [0.15, 0.2) is 0 Å².